The van der Waals surface area contributed by atoms with Crippen molar-refractivity contribution in [3.8, 4) is 0 Å². The zero-order valence-electron chi connectivity index (χ0n) is 10.9. The van der Waals surface area contributed by atoms with Crippen LogP contribution < -0.4 is 10.6 Å². The highest BCUT2D eigenvalue weighted by Crippen LogP contribution is 2.11. The Labute approximate surface area is 115 Å². The van der Waals surface area contributed by atoms with Gasteiger partial charge in [0.25, 0.3) is 5.91 Å². The number of carbonyl (C=O) groups is 2. The van der Waals surface area contributed by atoms with Gasteiger partial charge in [0, 0.05) is 12.7 Å². The van der Waals surface area contributed by atoms with Gasteiger partial charge in [-0.1, -0.05) is 0 Å². The van der Waals surface area contributed by atoms with E-state index in [2.05, 4.69) is 20.8 Å². The Morgan fingerprint density at radius 1 is 1.40 bits per heavy atom. The first-order valence-electron chi connectivity index (χ1n) is 6.63. The molecule has 0 aliphatic carbocycles. The largest absolute Gasteiger partial charge is 0.354 e. The Balaban J connectivity index is 1.80. The molecule has 2 aromatic rings. The van der Waals surface area contributed by atoms with Crippen LogP contribution in [0.15, 0.2) is 24.5 Å². The van der Waals surface area contributed by atoms with Crippen LogP contribution in [-0.2, 0) is 4.79 Å². The third-order valence-corrected chi connectivity index (χ3v) is 3.39. The lowest BCUT2D eigenvalue weighted by Gasteiger charge is -2.14. The summed E-state index contributed by atoms with van der Waals surface area (Å²) in [5, 5.41) is 13.6. The minimum absolute atomic E-state index is 0.120. The number of aromatic nitrogens is 3. The van der Waals surface area contributed by atoms with E-state index < -0.39 is 6.04 Å². The van der Waals surface area contributed by atoms with E-state index in [1.54, 1.807) is 18.3 Å². The summed E-state index contributed by atoms with van der Waals surface area (Å²) in [6.45, 7) is 0.672. The van der Waals surface area contributed by atoms with E-state index in [0.717, 1.165) is 12.8 Å². The summed E-state index contributed by atoms with van der Waals surface area (Å²) >= 11 is 0. The molecule has 0 radical (unpaired) electrons. The lowest BCUT2D eigenvalue weighted by atomic mass is 10.1. The first kappa shape index (κ1) is 12.6. The van der Waals surface area contributed by atoms with Crippen molar-refractivity contribution >= 4 is 17.3 Å². The third kappa shape index (κ3) is 2.34. The van der Waals surface area contributed by atoms with E-state index in [1.807, 2.05) is 0 Å². The average molecular weight is 273 g/mol. The van der Waals surface area contributed by atoms with E-state index in [9.17, 15) is 9.59 Å². The second kappa shape index (κ2) is 5.28. The van der Waals surface area contributed by atoms with Gasteiger partial charge in [0.2, 0.25) is 5.91 Å². The molecule has 2 amide bonds. The van der Waals surface area contributed by atoms with E-state index in [-0.39, 0.29) is 11.8 Å². The first-order valence-corrected chi connectivity index (χ1v) is 6.63. The van der Waals surface area contributed by atoms with Crippen molar-refractivity contribution in [1.82, 2.24) is 25.5 Å². The molecule has 0 bridgehead atoms. The fourth-order valence-corrected chi connectivity index (χ4v) is 2.32. The molecule has 7 heteroatoms. The number of fused-ring (bicyclic) bond motifs is 1. The summed E-state index contributed by atoms with van der Waals surface area (Å²) in [7, 11) is 0. The zero-order valence-corrected chi connectivity index (χ0v) is 10.9. The fourth-order valence-electron chi connectivity index (χ4n) is 2.32. The third-order valence-electron chi connectivity index (χ3n) is 3.39. The van der Waals surface area contributed by atoms with Crippen LogP contribution in [0.25, 0.3) is 5.52 Å². The number of nitrogens with one attached hydrogen (secondary N) is 2. The van der Waals surface area contributed by atoms with Crippen molar-refractivity contribution in [2.75, 3.05) is 6.54 Å². The van der Waals surface area contributed by atoms with E-state index in [1.165, 1.54) is 10.8 Å². The number of hydrogen-bond donors (Lipinski definition) is 2. The molecule has 0 saturated carbocycles. The van der Waals surface area contributed by atoms with E-state index in [0.29, 0.717) is 24.0 Å². The SMILES string of the molecule is O=C(NC1CCCCNC1=O)c1cnn2ncccc12. The smallest absolute Gasteiger partial charge is 0.255 e. The quantitative estimate of drug-likeness (QED) is 0.814. The minimum atomic E-state index is -0.475. The standard InChI is InChI=1S/C13H15N5O2/c19-12(17-10-4-1-2-6-14-13(10)20)9-8-16-18-11(9)5-3-7-15-18/h3,5,7-8,10H,1-2,4,6H2,(H,14,20)(H,17,19). The second-order valence-corrected chi connectivity index (χ2v) is 4.77. The van der Waals surface area contributed by atoms with Crippen molar-refractivity contribution in [3.05, 3.63) is 30.1 Å². The van der Waals surface area contributed by atoms with Crippen LogP contribution in [0.2, 0.25) is 0 Å². The summed E-state index contributed by atoms with van der Waals surface area (Å²) in [5.74, 6) is -0.416. The predicted octanol–water partition coefficient (Wildman–Crippen LogP) is 0.128. The van der Waals surface area contributed by atoms with Crippen molar-refractivity contribution in [2.24, 2.45) is 0 Å². The van der Waals surface area contributed by atoms with Gasteiger partial charge in [-0.25, -0.2) is 0 Å². The molecule has 0 spiro atoms. The molecule has 1 aliphatic heterocycles. The van der Waals surface area contributed by atoms with Gasteiger partial charge in [0.1, 0.15) is 11.6 Å². The zero-order chi connectivity index (χ0) is 13.9. The highest BCUT2D eigenvalue weighted by atomic mass is 16.2. The minimum Gasteiger partial charge on any atom is -0.354 e. The number of rotatable bonds is 2. The molecule has 104 valence electrons. The summed E-state index contributed by atoms with van der Waals surface area (Å²) in [5.41, 5.74) is 1.05. The van der Waals surface area contributed by atoms with Crippen molar-refractivity contribution in [1.29, 1.82) is 0 Å². The first-order chi connectivity index (χ1) is 9.75. The van der Waals surface area contributed by atoms with Crippen LogP contribution in [0.4, 0.5) is 0 Å². The Hall–Kier alpha value is -2.44. The van der Waals surface area contributed by atoms with Crippen LogP contribution in [0.5, 0.6) is 0 Å². The van der Waals surface area contributed by atoms with Crippen molar-refractivity contribution < 1.29 is 9.59 Å². The van der Waals surface area contributed by atoms with Gasteiger partial charge in [0.15, 0.2) is 0 Å². The van der Waals surface area contributed by atoms with Gasteiger partial charge in [-0.15, -0.1) is 0 Å². The summed E-state index contributed by atoms with van der Waals surface area (Å²) in [6, 6.07) is 3.03. The molecule has 1 fully saturated rings. The number of hydrogen-bond acceptors (Lipinski definition) is 4. The van der Waals surface area contributed by atoms with Gasteiger partial charge >= 0.3 is 0 Å². The van der Waals surface area contributed by atoms with Gasteiger partial charge in [-0.2, -0.15) is 14.8 Å². The van der Waals surface area contributed by atoms with Crippen LogP contribution >= 0.6 is 0 Å². The second-order valence-electron chi connectivity index (χ2n) is 4.77. The molecule has 2 N–H and O–H groups in total. The van der Waals surface area contributed by atoms with Gasteiger partial charge < -0.3 is 10.6 Å². The molecule has 20 heavy (non-hydrogen) atoms. The van der Waals surface area contributed by atoms with Crippen molar-refractivity contribution in [3.63, 3.8) is 0 Å². The molecule has 7 nitrogen and oxygen atoms in total. The molecule has 3 heterocycles. The Bertz CT molecular complexity index is 651. The number of amides is 2. The molecule has 1 saturated heterocycles. The van der Waals surface area contributed by atoms with Crippen LogP contribution in [0, 0.1) is 0 Å². The molecule has 2 aromatic heterocycles. The van der Waals surface area contributed by atoms with Gasteiger partial charge in [-0.3, -0.25) is 9.59 Å². The summed E-state index contributed by atoms with van der Waals surface area (Å²) in [4.78, 5) is 24.1. The number of nitrogens with zero attached hydrogens (tertiary/aromatic N) is 3. The molecule has 1 unspecified atom stereocenters. The molecule has 0 aromatic carbocycles. The average Bonchev–Trinajstić information content (AvgIpc) is 2.79. The highest BCUT2D eigenvalue weighted by molar-refractivity contribution is 6.02. The van der Waals surface area contributed by atoms with Crippen LogP contribution in [0.3, 0.4) is 0 Å². The molecule has 3 rings (SSSR count). The molecular formula is C13H15N5O2. The normalized spacial score (nSPS) is 19.4. The topological polar surface area (TPSA) is 88.4 Å². The highest BCUT2D eigenvalue weighted by Gasteiger charge is 2.24. The molecular weight excluding hydrogens is 258 g/mol. The Morgan fingerprint density at radius 3 is 3.20 bits per heavy atom. The predicted molar refractivity (Wildman–Crippen MR) is 71.1 cm³/mol. The van der Waals surface area contributed by atoms with E-state index in [4.69, 9.17) is 0 Å². The maximum atomic E-state index is 12.3. The Morgan fingerprint density at radius 2 is 2.30 bits per heavy atom. The lowest BCUT2D eigenvalue weighted by Crippen LogP contribution is -2.45. The summed E-state index contributed by atoms with van der Waals surface area (Å²) < 4.78 is 1.39. The molecule has 1 aliphatic rings. The van der Waals surface area contributed by atoms with Crippen molar-refractivity contribution in [2.45, 2.75) is 25.3 Å². The maximum Gasteiger partial charge on any atom is 0.255 e. The van der Waals surface area contributed by atoms with Crippen LogP contribution in [-0.4, -0.2) is 39.2 Å². The Kier molecular flexibility index (Phi) is 3.32. The monoisotopic (exact) mass is 273 g/mol. The number of carbonyl (C=O) groups excluding carboxylic acids is 2. The fraction of sp³-hybridized carbons (Fsp3) is 0.385. The van der Waals surface area contributed by atoms with Gasteiger partial charge in [-0.05, 0) is 31.4 Å². The van der Waals surface area contributed by atoms with E-state index >= 15 is 0 Å². The van der Waals surface area contributed by atoms with Crippen LogP contribution in [0.1, 0.15) is 29.6 Å². The molecule has 1 atom stereocenters. The summed E-state index contributed by atoms with van der Waals surface area (Å²) in [6.07, 6.45) is 5.58. The van der Waals surface area contributed by atoms with Gasteiger partial charge in [0.05, 0.1) is 11.8 Å². The lowest BCUT2D eigenvalue weighted by molar-refractivity contribution is -0.122. The maximum absolute atomic E-state index is 12.3.